The topological polar surface area (TPSA) is 94.8 Å². The van der Waals surface area contributed by atoms with Crippen molar-refractivity contribution in [1.82, 2.24) is 0 Å². The van der Waals surface area contributed by atoms with Gasteiger partial charge in [-0.3, -0.25) is 0 Å². The Morgan fingerprint density at radius 1 is 1.67 bits per heavy atom. The second-order valence-corrected chi connectivity index (χ2v) is 2.46. The van der Waals surface area contributed by atoms with E-state index in [0.29, 0.717) is 0 Å². The standard InChI is InChI=1S/C3H5O5P/c4-2(3(5)6)1-9(7)8/h2,4H,1H2,(H-,5,6,7,8)/p+1. The van der Waals surface area contributed by atoms with Crippen LogP contribution in [0.4, 0.5) is 0 Å². The number of carboxylic acid groups (broad SMARTS) is 1. The third-order valence-corrected chi connectivity index (χ3v) is 1.27. The quantitative estimate of drug-likeness (QED) is 0.460. The summed E-state index contributed by atoms with van der Waals surface area (Å²) in [5, 5.41) is 16.3. The van der Waals surface area contributed by atoms with Crippen LogP contribution in [0.2, 0.25) is 0 Å². The summed E-state index contributed by atoms with van der Waals surface area (Å²) < 4.78 is 9.84. The van der Waals surface area contributed by atoms with E-state index in [0.717, 1.165) is 0 Å². The summed E-state index contributed by atoms with van der Waals surface area (Å²) in [6, 6.07) is 0. The van der Waals surface area contributed by atoms with Gasteiger partial charge in [-0.1, -0.05) is 0 Å². The summed E-state index contributed by atoms with van der Waals surface area (Å²) in [5.41, 5.74) is 0. The summed E-state index contributed by atoms with van der Waals surface area (Å²) in [4.78, 5) is 17.8. The Hall–Kier alpha value is -0.510. The predicted molar refractivity (Wildman–Crippen MR) is 28.3 cm³/mol. The molecule has 9 heavy (non-hydrogen) atoms. The highest BCUT2D eigenvalue weighted by Gasteiger charge is 2.24. The van der Waals surface area contributed by atoms with Gasteiger partial charge in [0.25, 0.3) is 0 Å². The first-order valence-electron chi connectivity index (χ1n) is 2.08. The van der Waals surface area contributed by atoms with Crippen LogP contribution in [0.25, 0.3) is 0 Å². The molecule has 0 amide bonds. The Morgan fingerprint density at radius 3 is 2.22 bits per heavy atom. The molecule has 0 fully saturated rings. The first-order valence-corrected chi connectivity index (χ1v) is 3.48. The second-order valence-electron chi connectivity index (χ2n) is 1.39. The van der Waals surface area contributed by atoms with E-state index in [9.17, 15) is 9.36 Å². The van der Waals surface area contributed by atoms with E-state index >= 15 is 0 Å². The van der Waals surface area contributed by atoms with Crippen LogP contribution in [0, 0.1) is 0 Å². The monoisotopic (exact) mass is 153 g/mol. The molecule has 0 saturated heterocycles. The Kier molecular flexibility index (Phi) is 3.30. The Morgan fingerprint density at radius 2 is 2.11 bits per heavy atom. The predicted octanol–water partition coefficient (Wildman–Crippen LogP) is -0.833. The number of aliphatic carboxylic acids is 1. The van der Waals surface area contributed by atoms with Crippen LogP contribution in [0.1, 0.15) is 0 Å². The maximum atomic E-state index is 9.84. The van der Waals surface area contributed by atoms with Gasteiger partial charge in [0.2, 0.25) is 6.16 Å². The van der Waals surface area contributed by atoms with Gasteiger partial charge in [-0.25, -0.2) is 4.79 Å². The maximum Gasteiger partial charge on any atom is 0.508 e. The molecule has 0 bridgehead atoms. The Bertz CT molecular complexity index is 132. The minimum absolute atomic E-state index is 0.606. The van der Waals surface area contributed by atoms with Gasteiger partial charge in [-0.2, -0.15) is 4.89 Å². The molecule has 0 heterocycles. The van der Waals surface area contributed by atoms with Crippen LogP contribution in [0.3, 0.4) is 0 Å². The van der Waals surface area contributed by atoms with Crippen LogP contribution in [0.5, 0.6) is 0 Å². The van der Waals surface area contributed by atoms with Gasteiger partial charge in [0.15, 0.2) is 6.10 Å². The third-order valence-electron chi connectivity index (χ3n) is 0.614. The first-order chi connectivity index (χ1) is 4.04. The van der Waals surface area contributed by atoms with Gasteiger partial charge in [-0.15, -0.1) is 0 Å². The Balaban J connectivity index is 3.63. The lowest BCUT2D eigenvalue weighted by Crippen LogP contribution is -2.21. The molecule has 5 nitrogen and oxygen atoms in total. The zero-order chi connectivity index (χ0) is 7.44. The highest BCUT2D eigenvalue weighted by atomic mass is 31.1. The van der Waals surface area contributed by atoms with Crippen molar-refractivity contribution in [2.24, 2.45) is 0 Å². The smallest absolute Gasteiger partial charge is 0.479 e. The summed E-state index contributed by atoms with van der Waals surface area (Å²) in [6.07, 6.45) is -2.33. The number of hydrogen-bond acceptors (Lipinski definition) is 3. The lowest BCUT2D eigenvalue weighted by atomic mass is 10.4. The zero-order valence-electron chi connectivity index (χ0n) is 4.39. The van der Waals surface area contributed by atoms with Crippen LogP contribution in [-0.4, -0.2) is 33.3 Å². The summed E-state index contributed by atoms with van der Waals surface area (Å²) in [7, 11) is -2.55. The lowest BCUT2D eigenvalue weighted by Gasteiger charge is -1.91. The molecule has 0 aliphatic rings. The molecule has 0 aliphatic carbocycles. The minimum atomic E-state index is -2.55. The molecule has 0 aromatic carbocycles. The molecule has 0 spiro atoms. The van der Waals surface area contributed by atoms with Gasteiger partial charge in [0, 0.05) is 0 Å². The molecule has 0 rings (SSSR count). The molecule has 3 N–H and O–H groups in total. The van der Waals surface area contributed by atoms with Crippen molar-refractivity contribution in [3.63, 3.8) is 0 Å². The third kappa shape index (κ3) is 4.02. The first kappa shape index (κ1) is 8.49. The van der Waals surface area contributed by atoms with E-state index in [4.69, 9.17) is 15.1 Å². The fourth-order valence-corrected chi connectivity index (χ4v) is 0.678. The van der Waals surface area contributed by atoms with Crippen molar-refractivity contribution >= 4 is 14.0 Å². The van der Waals surface area contributed by atoms with Gasteiger partial charge in [-0.05, 0) is 4.57 Å². The molecule has 6 heteroatoms. The average molecular weight is 153 g/mol. The summed E-state index contributed by atoms with van der Waals surface area (Å²) in [5.74, 6) is -1.48. The minimum Gasteiger partial charge on any atom is -0.479 e. The van der Waals surface area contributed by atoms with E-state index in [1.165, 1.54) is 0 Å². The molecule has 52 valence electrons. The van der Waals surface area contributed by atoms with Gasteiger partial charge >= 0.3 is 14.0 Å². The number of rotatable bonds is 3. The van der Waals surface area contributed by atoms with Gasteiger partial charge in [0.05, 0.1) is 0 Å². The molecule has 0 aliphatic heterocycles. The van der Waals surface area contributed by atoms with Crippen molar-refractivity contribution in [2.45, 2.75) is 6.10 Å². The van der Waals surface area contributed by atoms with Gasteiger partial charge in [0.1, 0.15) is 0 Å². The summed E-state index contributed by atoms with van der Waals surface area (Å²) >= 11 is 0. The fraction of sp³-hybridized carbons (Fsp3) is 0.667. The van der Waals surface area contributed by atoms with Crippen LogP contribution in [-0.2, 0) is 9.36 Å². The van der Waals surface area contributed by atoms with Crippen molar-refractivity contribution < 1.29 is 24.5 Å². The molecule has 0 saturated carbocycles. The maximum absolute atomic E-state index is 9.84. The molecule has 2 unspecified atom stereocenters. The van der Waals surface area contributed by atoms with E-state index in [2.05, 4.69) is 0 Å². The Labute approximate surface area is 51.8 Å². The second kappa shape index (κ2) is 3.50. The average Bonchev–Trinajstić information content (AvgIpc) is 1.63. The molecular formula is C3H6O5P+. The number of carboxylic acids is 1. The van der Waals surface area contributed by atoms with Crippen molar-refractivity contribution in [2.75, 3.05) is 6.16 Å². The summed E-state index contributed by atoms with van der Waals surface area (Å²) in [6.45, 7) is 0. The molecule has 0 aromatic rings. The largest absolute Gasteiger partial charge is 0.508 e. The van der Waals surface area contributed by atoms with Gasteiger partial charge < -0.3 is 10.2 Å². The fourth-order valence-electron chi connectivity index (χ4n) is 0.226. The number of aliphatic hydroxyl groups is 1. The number of hydrogen-bond donors (Lipinski definition) is 3. The number of aliphatic hydroxyl groups excluding tert-OH is 1. The molecular weight excluding hydrogens is 147 g/mol. The highest BCUT2D eigenvalue weighted by Crippen LogP contribution is 2.13. The lowest BCUT2D eigenvalue weighted by molar-refractivity contribution is -0.145. The van der Waals surface area contributed by atoms with E-state index in [-0.39, 0.29) is 0 Å². The van der Waals surface area contributed by atoms with E-state index in [1.807, 2.05) is 0 Å². The van der Waals surface area contributed by atoms with E-state index in [1.54, 1.807) is 0 Å². The normalized spacial score (nSPS) is 14.7. The van der Waals surface area contributed by atoms with Crippen molar-refractivity contribution in [3.8, 4) is 0 Å². The van der Waals surface area contributed by atoms with Crippen LogP contribution >= 0.6 is 8.03 Å². The highest BCUT2D eigenvalue weighted by molar-refractivity contribution is 7.38. The SMILES string of the molecule is O=C(O)C(O)C[P+](=O)O. The molecule has 2 atom stereocenters. The molecule has 0 radical (unpaired) electrons. The zero-order valence-corrected chi connectivity index (χ0v) is 5.28. The van der Waals surface area contributed by atoms with Crippen molar-refractivity contribution in [1.29, 1.82) is 0 Å². The van der Waals surface area contributed by atoms with Crippen molar-refractivity contribution in [3.05, 3.63) is 0 Å². The van der Waals surface area contributed by atoms with Crippen LogP contribution in [0.15, 0.2) is 0 Å². The van der Waals surface area contributed by atoms with E-state index < -0.39 is 26.3 Å². The van der Waals surface area contributed by atoms with Crippen LogP contribution < -0.4 is 0 Å². The molecule has 0 aromatic heterocycles. The number of carbonyl (C=O) groups is 1.